The van der Waals surface area contributed by atoms with Gasteiger partial charge < -0.3 is 4.74 Å². The van der Waals surface area contributed by atoms with Crippen molar-refractivity contribution >= 4 is 12.1 Å². The first-order valence-electron chi connectivity index (χ1n) is 8.06. The Bertz CT molecular complexity index is 876. The van der Waals surface area contributed by atoms with Crippen molar-refractivity contribution in [3.63, 3.8) is 0 Å². The van der Waals surface area contributed by atoms with Crippen molar-refractivity contribution in [2.45, 2.75) is 6.61 Å². The SMILES string of the molecule is O=C(N/N=C/c1ccc(OCc2ccc(F)cc2)cc1)c1ccccc1. The van der Waals surface area contributed by atoms with Gasteiger partial charge in [0.05, 0.1) is 6.21 Å². The zero-order valence-electron chi connectivity index (χ0n) is 13.9. The smallest absolute Gasteiger partial charge is 0.271 e. The highest BCUT2D eigenvalue weighted by Crippen LogP contribution is 2.14. The second-order valence-electron chi connectivity index (χ2n) is 5.55. The first-order valence-corrected chi connectivity index (χ1v) is 8.06. The van der Waals surface area contributed by atoms with E-state index < -0.39 is 0 Å². The molecule has 0 bridgehead atoms. The number of benzene rings is 3. The molecule has 0 radical (unpaired) electrons. The molecule has 0 heterocycles. The Morgan fingerprint density at radius 3 is 2.35 bits per heavy atom. The number of carbonyl (C=O) groups is 1. The fraction of sp³-hybridized carbons (Fsp3) is 0.0476. The van der Waals surface area contributed by atoms with Crippen LogP contribution in [0.15, 0.2) is 84.0 Å². The average Bonchev–Trinajstić information content (AvgIpc) is 2.69. The van der Waals surface area contributed by atoms with Crippen molar-refractivity contribution in [1.29, 1.82) is 0 Å². The molecule has 0 aliphatic heterocycles. The third-order valence-electron chi connectivity index (χ3n) is 3.61. The zero-order valence-corrected chi connectivity index (χ0v) is 13.9. The predicted octanol–water partition coefficient (Wildman–Crippen LogP) is 4.17. The van der Waals surface area contributed by atoms with E-state index >= 15 is 0 Å². The molecule has 5 heteroatoms. The molecule has 1 amide bonds. The number of hydrogen-bond donors (Lipinski definition) is 1. The molecular weight excluding hydrogens is 331 g/mol. The first-order chi connectivity index (χ1) is 12.7. The molecule has 3 rings (SSSR count). The van der Waals surface area contributed by atoms with E-state index in [1.54, 1.807) is 42.6 Å². The quantitative estimate of drug-likeness (QED) is 0.537. The molecule has 26 heavy (non-hydrogen) atoms. The van der Waals surface area contributed by atoms with Crippen molar-refractivity contribution in [3.8, 4) is 5.75 Å². The summed E-state index contributed by atoms with van der Waals surface area (Å²) in [7, 11) is 0. The topological polar surface area (TPSA) is 50.7 Å². The maximum Gasteiger partial charge on any atom is 0.271 e. The number of ether oxygens (including phenoxy) is 1. The summed E-state index contributed by atoms with van der Waals surface area (Å²) in [4.78, 5) is 11.9. The molecule has 1 N–H and O–H groups in total. The average molecular weight is 348 g/mol. The van der Waals surface area contributed by atoms with Crippen molar-refractivity contribution in [1.82, 2.24) is 5.43 Å². The Morgan fingerprint density at radius 2 is 1.65 bits per heavy atom. The van der Waals surface area contributed by atoms with Crippen molar-refractivity contribution in [3.05, 3.63) is 101 Å². The Labute approximate surface area is 150 Å². The van der Waals surface area contributed by atoms with Gasteiger partial charge >= 0.3 is 0 Å². The Balaban J connectivity index is 1.51. The van der Waals surface area contributed by atoms with Gasteiger partial charge in [-0.15, -0.1) is 0 Å². The second kappa shape index (κ2) is 8.58. The van der Waals surface area contributed by atoms with Crippen molar-refractivity contribution < 1.29 is 13.9 Å². The van der Waals surface area contributed by atoms with Gasteiger partial charge in [0.15, 0.2) is 0 Å². The number of nitrogens with zero attached hydrogens (tertiary/aromatic N) is 1. The number of amides is 1. The van der Waals surface area contributed by atoms with E-state index in [4.69, 9.17) is 4.74 Å². The van der Waals surface area contributed by atoms with Crippen LogP contribution in [0.2, 0.25) is 0 Å². The van der Waals surface area contributed by atoms with Crippen molar-refractivity contribution in [2.24, 2.45) is 5.10 Å². The summed E-state index contributed by atoms with van der Waals surface area (Å²) in [5.41, 5.74) is 4.75. The van der Waals surface area contributed by atoms with Crippen LogP contribution < -0.4 is 10.2 Å². The minimum Gasteiger partial charge on any atom is -0.489 e. The maximum absolute atomic E-state index is 12.9. The third kappa shape index (κ3) is 5.01. The summed E-state index contributed by atoms with van der Waals surface area (Å²) >= 11 is 0. The van der Waals surface area contributed by atoms with Crippen LogP contribution in [0.3, 0.4) is 0 Å². The molecule has 0 aliphatic carbocycles. The summed E-state index contributed by atoms with van der Waals surface area (Å²) in [6, 6.07) is 22.3. The van der Waals surface area contributed by atoms with Crippen molar-refractivity contribution in [2.75, 3.05) is 0 Å². The highest BCUT2D eigenvalue weighted by molar-refractivity contribution is 5.94. The maximum atomic E-state index is 12.9. The van der Waals surface area contributed by atoms with Gasteiger partial charge in [0.25, 0.3) is 5.91 Å². The lowest BCUT2D eigenvalue weighted by Crippen LogP contribution is -2.17. The predicted molar refractivity (Wildman–Crippen MR) is 98.7 cm³/mol. The number of hydrazone groups is 1. The Kier molecular flexibility index (Phi) is 5.72. The van der Waals surface area contributed by atoms with E-state index in [-0.39, 0.29) is 11.7 Å². The normalized spacial score (nSPS) is 10.7. The van der Waals surface area contributed by atoms with Gasteiger partial charge in [0.1, 0.15) is 18.2 Å². The molecule has 130 valence electrons. The number of hydrogen-bond acceptors (Lipinski definition) is 3. The van der Waals surface area contributed by atoms with Crippen LogP contribution in [0.25, 0.3) is 0 Å². The lowest BCUT2D eigenvalue weighted by atomic mass is 10.2. The van der Waals surface area contributed by atoms with Crippen LogP contribution in [0.5, 0.6) is 5.75 Å². The third-order valence-corrected chi connectivity index (χ3v) is 3.61. The number of nitrogens with one attached hydrogen (secondary N) is 1. The summed E-state index contributed by atoms with van der Waals surface area (Å²) in [5, 5.41) is 3.95. The molecule has 3 aromatic rings. The molecule has 0 fully saturated rings. The van der Waals surface area contributed by atoms with Crippen LogP contribution in [0.1, 0.15) is 21.5 Å². The first kappa shape index (κ1) is 17.4. The zero-order chi connectivity index (χ0) is 18.2. The highest BCUT2D eigenvalue weighted by Gasteiger charge is 2.01. The molecule has 0 atom stereocenters. The van der Waals surface area contributed by atoms with Crippen LogP contribution in [-0.2, 0) is 6.61 Å². The molecule has 0 unspecified atom stereocenters. The van der Waals surface area contributed by atoms with E-state index in [1.807, 2.05) is 30.3 Å². The van der Waals surface area contributed by atoms with Gasteiger partial charge in [0, 0.05) is 5.56 Å². The summed E-state index contributed by atoms with van der Waals surface area (Å²) in [6.07, 6.45) is 1.56. The minimum atomic E-state index is -0.267. The summed E-state index contributed by atoms with van der Waals surface area (Å²) < 4.78 is 18.5. The van der Waals surface area contributed by atoms with E-state index in [1.165, 1.54) is 12.1 Å². The molecule has 0 saturated heterocycles. The van der Waals surface area contributed by atoms with Crippen LogP contribution in [0, 0.1) is 5.82 Å². The van der Waals surface area contributed by atoms with Crippen LogP contribution >= 0.6 is 0 Å². The summed E-state index contributed by atoms with van der Waals surface area (Å²) in [6.45, 7) is 0.362. The monoisotopic (exact) mass is 348 g/mol. The lowest BCUT2D eigenvalue weighted by Gasteiger charge is -2.06. The molecule has 3 aromatic carbocycles. The molecule has 0 saturated carbocycles. The van der Waals surface area contributed by atoms with Gasteiger partial charge in [-0.1, -0.05) is 30.3 Å². The van der Waals surface area contributed by atoms with Crippen LogP contribution in [0.4, 0.5) is 4.39 Å². The number of carbonyl (C=O) groups excluding carboxylic acids is 1. The van der Waals surface area contributed by atoms with Gasteiger partial charge in [-0.2, -0.15) is 5.10 Å². The van der Waals surface area contributed by atoms with E-state index in [9.17, 15) is 9.18 Å². The Morgan fingerprint density at radius 1 is 0.962 bits per heavy atom. The molecular formula is C21H17FN2O2. The molecule has 4 nitrogen and oxygen atoms in total. The number of halogens is 1. The minimum absolute atomic E-state index is 0.263. The van der Waals surface area contributed by atoms with Gasteiger partial charge in [-0.05, 0) is 59.7 Å². The van der Waals surface area contributed by atoms with E-state index in [2.05, 4.69) is 10.5 Å². The second-order valence-corrected chi connectivity index (χ2v) is 5.55. The lowest BCUT2D eigenvalue weighted by molar-refractivity contribution is 0.0955. The molecule has 0 spiro atoms. The van der Waals surface area contributed by atoms with E-state index in [0.29, 0.717) is 17.9 Å². The standard InChI is InChI=1S/C21H17FN2O2/c22-19-10-6-17(7-11-19)15-26-20-12-8-16(9-13-20)14-23-24-21(25)18-4-2-1-3-5-18/h1-14H,15H2,(H,24,25)/b23-14+. The van der Waals surface area contributed by atoms with Gasteiger partial charge in [0.2, 0.25) is 0 Å². The molecule has 0 aliphatic rings. The summed E-state index contributed by atoms with van der Waals surface area (Å²) in [5.74, 6) is 0.164. The Hall–Kier alpha value is -3.47. The van der Waals surface area contributed by atoms with Gasteiger partial charge in [-0.3, -0.25) is 4.79 Å². The highest BCUT2D eigenvalue weighted by atomic mass is 19.1. The van der Waals surface area contributed by atoms with E-state index in [0.717, 1.165) is 11.1 Å². The molecule has 0 aromatic heterocycles. The van der Waals surface area contributed by atoms with Crippen LogP contribution in [-0.4, -0.2) is 12.1 Å². The fourth-order valence-electron chi connectivity index (χ4n) is 2.22. The number of rotatable bonds is 6. The van der Waals surface area contributed by atoms with Gasteiger partial charge in [-0.25, -0.2) is 9.82 Å². The largest absolute Gasteiger partial charge is 0.489 e. The fourth-order valence-corrected chi connectivity index (χ4v) is 2.22.